The van der Waals surface area contributed by atoms with Crippen LogP contribution in [0.2, 0.25) is 0 Å². The van der Waals surface area contributed by atoms with Gasteiger partial charge in [-0.1, -0.05) is 19.1 Å². The van der Waals surface area contributed by atoms with Gasteiger partial charge in [0, 0.05) is 18.5 Å². The minimum Gasteiger partial charge on any atom is -0.481 e. The van der Waals surface area contributed by atoms with E-state index in [1.807, 2.05) is 0 Å². The van der Waals surface area contributed by atoms with Crippen molar-refractivity contribution >= 4 is 33.5 Å². The van der Waals surface area contributed by atoms with Gasteiger partial charge >= 0.3 is 5.97 Å². The standard InChI is InChI=1S/C16H23NO5S2/c1-4-11-24(21,22)14-8-6-5-7-13(14)23-12(2)16(20)17(3)10-9-15(18)19/h5-8,12H,4,9-11H2,1-3H3,(H,18,19). The Kier molecular flexibility index (Phi) is 7.75. The average Bonchev–Trinajstić information content (AvgIpc) is 2.52. The number of aliphatic carboxylic acids is 1. The van der Waals surface area contributed by atoms with Crippen LogP contribution in [0, 0.1) is 0 Å². The molecule has 1 aromatic rings. The van der Waals surface area contributed by atoms with Crippen LogP contribution in [0.25, 0.3) is 0 Å². The molecule has 1 rings (SSSR count). The van der Waals surface area contributed by atoms with Gasteiger partial charge in [0.15, 0.2) is 9.84 Å². The molecule has 0 spiro atoms. The Hall–Kier alpha value is -1.54. The zero-order valence-electron chi connectivity index (χ0n) is 14.1. The lowest BCUT2D eigenvalue weighted by molar-refractivity contribution is -0.138. The smallest absolute Gasteiger partial charge is 0.305 e. The molecule has 0 heterocycles. The fourth-order valence-electron chi connectivity index (χ4n) is 2.11. The number of carbonyl (C=O) groups excluding carboxylic acids is 1. The maximum Gasteiger partial charge on any atom is 0.305 e. The maximum absolute atomic E-state index is 12.3. The molecule has 1 unspecified atom stereocenters. The second-order valence-corrected chi connectivity index (χ2v) is 8.89. The molecule has 134 valence electrons. The van der Waals surface area contributed by atoms with E-state index in [2.05, 4.69) is 0 Å². The van der Waals surface area contributed by atoms with Gasteiger partial charge in [0.2, 0.25) is 5.91 Å². The first kappa shape index (κ1) is 20.5. The number of hydrogen-bond acceptors (Lipinski definition) is 5. The topological polar surface area (TPSA) is 91.8 Å². The molecule has 0 saturated carbocycles. The summed E-state index contributed by atoms with van der Waals surface area (Å²) >= 11 is 1.18. The lowest BCUT2D eigenvalue weighted by Crippen LogP contribution is -2.34. The van der Waals surface area contributed by atoms with Gasteiger partial charge < -0.3 is 10.0 Å². The van der Waals surface area contributed by atoms with Crippen LogP contribution in [-0.4, -0.2) is 54.9 Å². The molecular weight excluding hydrogens is 350 g/mol. The van der Waals surface area contributed by atoms with Crippen LogP contribution in [-0.2, 0) is 19.4 Å². The molecule has 6 nitrogen and oxygen atoms in total. The minimum absolute atomic E-state index is 0.0609. The first-order valence-corrected chi connectivity index (χ1v) is 10.2. The molecule has 1 atom stereocenters. The number of hydrogen-bond donors (Lipinski definition) is 1. The highest BCUT2D eigenvalue weighted by Gasteiger charge is 2.23. The van der Waals surface area contributed by atoms with Gasteiger partial charge in [-0.2, -0.15) is 0 Å². The number of rotatable bonds is 9. The van der Waals surface area contributed by atoms with E-state index in [-0.39, 0.29) is 29.5 Å². The number of carboxylic acids is 1. The van der Waals surface area contributed by atoms with Crippen molar-refractivity contribution in [2.45, 2.75) is 41.7 Å². The summed E-state index contributed by atoms with van der Waals surface area (Å²) < 4.78 is 24.7. The first-order chi connectivity index (χ1) is 11.2. The molecule has 0 aliphatic heterocycles. The van der Waals surface area contributed by atoms with E-state index < -0.39 is 21.1 Å². The van der Waals surface area contributed by atoms with Gasteiger partial charge in [-0.05, 0) is 25.5 Å². The van der Waals surface area contributed by atoms with Crippen molar-refractivity contribution in [2.24, 2.45) is 0 Å². The van der Waals surface area contributed by atoms with Crippen molar-refractivity contribution < 1.29 is 23.1 Å². The summed E-state index contributed by atoms with van der Waals surface area (Å²) in [6.45, 7) is 3.61. The summed E-state index contributed by atoms with van der Waals surface area (Å²) in [4.78, 5) is 25.0. The predicted octanol–water partition coefficient (Wildman–Crippen LogP) is 2.28. The number of thioether (sulfide) groups is 1. The van der Waals surface area contributed by atoms with Crippen LogP contribution in [0.3, 0.4) is 0 Å². The SMILES string of the molecule is CCCS(=O)(=O)c1ccccc1SC(C)C(=O)N(C)CCC(=O)O. The van der Waals surface area contributed by atoms with Gasteiger partial charge in [0.25, 0.3) is 0 Å². The second kappa shape index (κ2) is 9.08. The molecule has 24 heavy (non-hydrogen) atoms. The highest BCUT2D eigenvalue weighted by atomic mass is 32.2. The predicted molar refractivity (Wildman–Crippen MR) is 94.0 cm³/mol. The Balaban J connectivity index is 2.89. The van der Waals surface area contributed by atoms with Crippen molar-refractivity contribution in [3.63, 3.8) is 0 Å². The number of benzene rings is 1. The van der Waals surface area contributed by atoms with Crippen molar-refractivity contribution in [1.82, 2.24) is 4.90 Å². The molecule has 0 aliphatic carbocycles. The van der Waals surface area contributed by atoms with E-state index in [4.69, 9.17) is 5.11 Å². The van der Waals surface area contributed by atoms with Gasteiger partial charge in [-0.25, -0.2) is 8.42 Å². The molecule has 0 bridgehead atoms. The van der Waals surface area contributed by atoms with Crippen molar-refractivity contribution in [1.29, 1.82) is 0 Å². The number of amides is 1. The summed E-state index contributed by atoms with van der Waals surface area (Å²) in [6, 6.07) is 6.64. The van der Waals surface area contributed by atoms with Gasteiger partial charge in [-0.3, -0.25) is 9.59 Å². The Morgan fingerprint density at radius 1 is 1.29 bits per heavy atom. The van der Waals surface area contributed by atoms with Crippen LogP contribution < -0.4 is 0 Å². The molecule has 1 N–H and O–H groups in total. The third-order valence-electron chi connectivity index (χ3n) is 3.35. The van der Waals surface area contributed by atoms with Crippen LogP contribution in [0.15, 0.2) is 34.1 Å². The Morgan fingerprint density at radius 3 is 2.50 bits per heavy atom. The van der Waals surface area contributed by atoms with Crippen molar-refractivity contribution in [2.75, 3.05) is 19.3 Å². The van der Waals surface area contributed by atoms with Crippen LogP contribution in [0.5, 0.6) is 0 Å². The molecule has 0 saturated heterocycles. The van der Waals surface area contributed by atoms with Crippen LogP contribution >= 0.6 is 11.8 Å². The molecule has 0 aromatic heterocycles. The highest BCUT2D eigenvalue weighted by molar-refractivity contribution is 8.01. The number of sulfone groups is 1. The van der Waals surface area contributed by atoms with Crippen LogP contribution in [0.4, 0.5) is 0 Å². The van der Waals surface area contributed by atoms with E-state index in [9.17, 15) is 18.0 Å². The largest absolute Gasteiger partial charge is 0.481 e. The highest BCUT2D eigenvalue weighted by Crippen LogP contribution is 2.31. The number of carbonyl (C=O) groups is 2. The average molecular weight is 373 g/mol. The van der Waals surface area contributed by atoms with Gasteiger partial charge in [0.05, 0.1) is 22.3 Å². The molecule has 0 fully saturated rings. The summed E-state index contributed by atoms with van der Waals surface area (Å²) in [5.41, 5.74) is 0. The Morgan fingerprint density at radius 2 is 1.92 bits per heavy atom. The van der Waals surface area contributed by atoms with Gasteiger partial charge in [-0.15, -0.1) is 11.8 Å². The lowest BCUT2D eigenvalue weighted by atomic mass is 10.3. The molecule has 1 aromatic carbocycles. The van der Waals surface area contributed by atoms with E-state index in [0.29, 0.717) is 11.3 Å². The molecular formula is C16H23NO5S2. The third kappa shape index (κ3) is 5.83. The zero-order valence-corrected chi connectivity index (χ0v) is 15.7. The van der Waals surface area contributed by atoms with E-state index in [1.165, 1.54) is 16.7 Å². The maximum atomic E-state index is 12.3. The van der Waals surface area contributed by atoms with Crippen molar-refractivity contribution in [3.8, 4) is 0 Å². The van der Waals surface area contributed by atoms with Gasteiger partial charge in [0.1, 0.15) is 0 Å². The number of nitrogens with zero attached hydrogens (tertiary/aromatic N) is 1. The fraction of sp³-hybridized carbons (Fsp3) is 0.500. The third-order valence-corrected chi connectivity index (χ3v) is 6.61. The van der Waals surface area contributed by atoms with Crippen molar-refractivity contribution in [3.05, 3.63) is 24.3 Å². The Bertz CT molecular complexity index is 687. The van der Waals surface area contributed by atoms with E-state index >= 15 is 0 Å². The first-order valence-electron chi connectivity index (χ1n) is 7.64. The second-order valence-electron chi connectivity index (χ2n) is 5.43. The monoisotopic (exact) mass is 373 g/mol. The lowest BCUT2D eigenvalue weighted by Gasteiger charge is -2.21. The molecule has 1 amide bonds. The van der Waals surface area contributed by atoms with E-state index in [0.717, 1.165) is 0 Å². The van der Waals surface area contributed by atoms with Crippen LogP contribution in [0.1, 0.15) is 26.7 Å². The van der Waals surface area contributed by atoms with E-state index in [1.54, 1.807) is 45.2 Å². The normalized spacial score (nSPS) is 12.6. The summed E-state index contributed by atoms with van der Waals surface area (Å²) in [6.07, 6.45) is 0.398. The zero-order chi connectivity index (χ0) is 18.3. The minimum atomic E-state index is -3.38. The summed E-state index contributed by atoms with van der Waals surface area (Å²) in [5, 5.41) is 8.17. The quantitative estimate of drug-likeness (QED) is 0.668. The fourth-order valence-corrected chi connectivity index (χ4v) is 5.05. The number of carboxylic acid groups (broad SMARTS) is 1. The molecule has 0 radical (unpaired) electrons. The summed E-state index contributed by atoms with van der Waals surface area (Å²) in [7, 11) is -1.83. The Labute approximate surface area is 147 Å². The molecule has 0 aliphatic rings. The molecule has 8 heteroatoms. The summed E-state index contributed by atoms with van der Waals surface area (Å²) in [5.74, 6) is -1.14.